The molecule has 0 spiro atoms. The third kappa shape index (κ3) is 2.50. The number of rotatable bonds is 2. The van der Waals surface area contributed by atoms with Gasteiger partial charge >= 0.3 is 0 Å². The molecule has 0 radical (unpaired) electrons. The van der Waals surface area contributed by atoms with Gasteiger partial charge in [0.15, 0.2) is 0 Å². The molecule has 13 heavy (non-hydrogen) atoms. The molecule has 0 saturated carbocycles. The third-order valence-electron chi connectivity index (χ3n) is 1.54. The first kappa shape index (κ1) is 9.63. The van der Waals surface area contributed by atoms with Crippen molar-refractivity contribution in [1.82, 2.24) is 0 Å². The van der Waals surface area contributed by atoms with Crippen LogP contribution in [0, 0.1) is 11.3 Å². The van der Waals surface area contributed by atoms with Crippen molar-refractivity contribution in [2.75, 3.05) is 5.88 Å². The summed E-state index contributed by atoms with van der Waals surface area (Å²) in [5, 5.41) is 17.9. The molecule has 1 rings (SSSR count). The van der Waals surface area contributed by atoms with Crippen LogP contribution in [0.5, 0.6) is 5.75 Å². The predicted molar refractivity (Wildman–Crippen MR) is 52.6 cm³/mol. The Morgan fingerprint density at radius 3 is 2.92 bits per heavy atom. The van der Waals surface area contributed by atoms with Gasteiger partial charge in [-0.05, 0) is 18.2 Å². The van der Waals surface area contributed by atoms with E-state index in [0.717, 1.165) is 0 Å². The number of benzene rings is 1. The molecule has 3 heteroatoms. The maximum atomic E-state index is 9.35. The first-order valence-electron chi connectivity index (χ1n) is 3.73. The summed E-state index contributed by atoms with van der Waals surface area (Å²) in [7, 11) is 0. The highest BCUT2D eigenvalue weighted by atomic mass is 35.5. The van der Waals surface area contributed by atoms with Gasteiger partial charge in [0.05, 0.1) is 11.6 Å². The van der Waals surface area contributed by atoms with Crippen LogP contribution < -0.4 is 0 Å². The number of alkyl halides is 1. The second-order valence-electron chi connectivity index (χ2n) is 2.44. The Balaban J connectivity index is 3.06. The lowest BCUT2D eigenvalue weighted by Crippen LogP contribution is -1.78. The average Bonchev–Trinajstić information content (AvgIpc) is 2.17. The molecule has 0 atom stereocenters. The van der Waals surface area contributed by atoms with Crippen molar-refractivity contribution in [3.63, 3.8) is 0 Å². The van der Waals surface area contributed by atoms with E-state index >= 15 is 0 Å². The van der Waals surface area contributed by atoms with Gasteiger partial charge in [-0.25, -0.2) is 0 Å². The summed E-state index contributed by atoms with van der Waals surface area (Å²) in [5.41, 5.74) is 1.13. The van der Waals surface area contributed by atoms with Gasteiger partial charge in [-0.15, -0.1) is 11.6 Å². The summed E-state index contributed by atoms with van der Waals surface area (Å²) in [6.45, 7) is 0. The van der Waals surface area contributed by atoms with Gasteiger partial charge in [0.1, 0.15) is 5.75 Å². The summed E-state index contributed by atoms with van der Waals surface area (Å²) < 4.78 is 0. The van der Waals surface area contributed by atoms with Crippen molar-refractivity contribution in [3.05, 3.63) is 35.4 Å². The molecule has 0 unspecified atom stereocenters. The quantitative estimate of drug-likeness (QED) is 0.734. The van der Waals surface area contributed by atoms with Crippen LogP contribution in [0.4, 0.5) is 0 Å². The second kappa shape index (κ2) is 4.54. The van der Waals surface area contributed by atoms with E-state index in [0.29, 0.717) is 17.0 Å². The van der Waals surface area contributed by atoms with Crippen LogP contribution in [0.1, 0.15) is 11.1 Å². The van der Waals surface area contributed by atoms with Gasteiger partial charge in [-0.3, -0.25) is 0 Å². The first-order valence-corrected chi connectivity index (χ1v) is 4.27. The number of phenols is 1. The van der Waals surface area contributed by atoms with Crippen LogP contribution in [-0.2, 0) is 0 Å². The zero-order valence-electron chi connectivity index (χ0n) is 6.87. The SMILES string of the molecule is N#Cc1ccc(O)c(C=CCCl)c1. The minimum atomic E-state index is 0.153. The van der Waals surface area contributed by atoms with E-state index in [-0.39, 0.29) is 5.75 Å². The van der Waals surface area contributed by atoms with Crippen LogP contribution in [0.15, 0.2) is 24.3 Å². The minimum absolute atomic E-state index is 0.153. The fourth-order valence-corrected chi connectivity index (χ4v) is 1.02. The normalized spacial score (nSPS) is 10.2. The topological polar surface area (TPSA) is 44.0 Å². The van der Waals surface area contributed by atoms with Gasteiger partial charge in [0, 0.05) is 11.4 Å². The van der Waals surface area contributed by atoms with Crippen molar-refractivity contribution in [2.24, 2.45) is 0 Å². The number of phenolic OH excluding ortho intramolecular Hbond substituents is 1. The number of nitrogens with zero attached hydrogens (tertiary/aromatic N) is 1. The third-order valence-corrected chi connectivity index (χ3v) is 1.72. The largest absolute Gasteiger partial charge is 0.507 e. The number of hydrogen-bond acceptors (Lipinski definition) is 2. The summed E-state index contributed by atoms with van der Waals surface area (Å²) in [6, 6.07) is 6.66. The molecule has 1 N–H and O–H groups in total. The number of aromatic hydroxyl groups is 1. The molecule has 0 heterocycles. The molecule has 2 nitrogen and oxygen atoms in total. The number of hydrogen-bond donors (Lipinski definition) is 1. The lowest BCUT2D eigenvalue weighted by molar-refractivity contribution is 0.474. The van der Waals surface area contributed by atoms with Crippen LogP contribution in [0.2, 0.25) is 0 Å². The number of halogens is 1. The lowest BCUT2D eigenvalue weighted by Gasteiger charge is -1.98. The highest BCUT2D eigenvalue weighted by Gasteiger charge is 1.98. The van der Waals surface area contributed by atoms with Crippen molar-refractivity contribution < 1.29 is 5.11 Å². The fourth-order valence-electron chi connectivity index (χ4n) is 0.929. The van der Waals surface area contributed by atoms with Crippen LogP contribution in [0.3, 0.4) is 0 Å². The van der Waals surface area contributed by atoms with Crippen molar-refractivity contribution in [3.8, 4) is 11.8 Å². The first-order chi connectivity index (χ1) is 6.27. The van der Waals surface area contributed by atoms with E-state index in [1.165, 1.54) is 6.07 Å². The molecular formula is C10H8ClNO. The van der Waals surface area contributed by atoms with Crippen LogP contribution >= 0.6 is 11.6 Å². The molecule has 0 aliphatic heterocycles. The number of nitriles is 1. The summed E-state index contributed by atoms with van der Waals surface area (Å²) in [6.07, 6.45) is 3.39. The smallest absolute Gasteiger partial charge is 0.122 e. The predicted octanol–water partition coefficient (Wildman–Crippen LogP) is 2.52. The second-order valence-corrected chi connectivity index (χ2v) is 2.75. The van der Waals surface area contributed by atoms with Gasteiger partial charge in [0.25, 0.3) is 0 Å². The minimum Gasteiger partial charge on any atom is -0.507 e. The maximum absolute atomic E-state index is 9.35. The Morgan fingerprint density at radius 2 is 2.31 bits per heavy atom. The van der Waals surface area contributed by atoms with Gasteiger partial charge in [0.2, 0.25) is 0 Å². The number of allylic oxidation sites excluding steroid dienone is 1. The standard InChI is InChI=1S/C10H8ClNO/c11-5-1-2-9-6-8(7-12)3-4-10(9)13/h1-4,6,13H,5H2. The Bertz CT molecular complexity index is 366. The molecule has 66 valence electrons. The monoisotopic (exact) mass is 193 g/mol. The molecule has 0 amide bonds. The molecule has 0 bridgehead atoms. The van der Waals surface area contributed by atoms with E-state index in [1.54, 1.807) is 24.3 Å². The van der Waals surface area contributed by atoms with Gasteiger partial charge in [-0.2, -0.15) is 5.26 Å². The Labute approximate surface area is 81.7 Å². The Kier molecular flexibility index (Phi) is 3.36. The van der Waals surface area contributed by atoms with E-state index < -0.39 is 0 Å². The Hall–Kier alpha value is -1.46. The van der Waals surface area contributed by atoms with E-state index in [4.69, 9.17) is 16.9 Å². The fraction of sp³-hybridized carbons (Fsp3) is 0.100. The van der Waals surface area contributed by atoms with Gasteiger partial charge in [-0.1, -0.05) is 12.2 Å². The van der Waals surface area contributed by atoms with Gasteiger partial charge < -0.3 is 5.11 Å². The summed E-state index contributed by atoms with van der Waals surface area (Å²) in [4.78, 5) is 0. The maximum Gasteiger partial charge on any atom is 0.122 e. The lowest BCUT2D eigenvalue weighted by atomic mass is 10.1. The molecule has 1 aromatic carbocycles. The van der Waals surface area contributed by atoms with E-state index in [9.17, 15) is 5.11 Å². The summed E-state index contributed by atoms with van der Waals surface area (Å²) >= 11 is 5.44. The van der Waals surface area contributed by atoms with E-state index in [1.807, 2.05) is 6.07 Å². The summed E-state index contributed by atoms with van der Waals surface area (Å²) in [5.74, 6) is 0.538. The highest BCUT2D eigenvalue weighted by molar-refractivity contribution is 6.19. The Morgan fingerprint density at radius 1 is 1.54 bits per heavy atom. The molecule has 0 aliphatic carbocycles. The van der Waals surface area contributed by atoms with Crippen molar-refractivity contribution >= 4 is 17.7 Å². The van der Waals surface area contributed by atoms with Crippen molar-refractivity contribution in [2.45, 2.75) is 0 Å². The zero-order chi connectivity index (χ0) is 9.68. The molecule has 1 aromatic rings. The van der Waals surface area contributed by atoms with Crippen LogP contribution in [0.25, 0.3) is 6.08 Å². The molecular weight excluding hydrogens is 186 g/mol. The molecule has 0 aromatic heterocycles. The molecule has 0 aliphatic rings. The highest BCUT2D eigenvalue weighted by Crippen LogP contribution is 2.19. The average molecular weight is 194 g/mol. The molecule has 0 fully saturated rings. The zero-order valence-corrected chi connectivity index (χ0v) is 7.62. The molecule has 0 saturated heterocycles. The van der Waals surface area contributed by atoms with Crippen LogP contribution in [-0.4, -0.2) is 11.0 Å². The van der Waals surface area contributed by atoms with Crippen molar-refractivity contribution in [1.29, 1.82) is 5.26 Å². The van der Waals surface area contributed by atoms with E-state index in [2.05, 4.69) is 0 Å².